The lowest BCUT2D eigenvalue weighted by Gasteiger charge is -2.24. The van der Waals surface area contributed by atoms with Crippen molar-refractivity contribution < 1.29 is 4.79 Å². The molecule has 122 valence electrons. The summed E-state index contributed by atoms with van der Waals surface area (Å²) in [6, 6.07) is 10.6. The average molecular weight is 311 g/mol. The number of carbonyl (C=O) groups is 1. The third-order valence-electron chi connectivity index (χ3n) is 5.29. The van der Waals surface area contributed by atoms with Gasteiger partial charge in [0.2, 0.25) is 5.91 Å². The number of hydrogen-bond acceptors (Lipinski definition) is 3. The summed E-state index contributed by atoms with van der Waals surface area (Å²) < 4.78 is 0. The van der Waals surface area contributed by atoms with Crippen LogP contribution in [-0.4, -0.2) is 19.0 Å². The van der Waals surface area contributed by atoms with E-state index in [-0.39, 0.29) is 11.9 Å². The van der Waals surface area contributed by atoms with Gasteiger partial charge in [0.15, 0.2) is 0 Å². The van der Waals surface area contributed by atoms with E-state index in [9.17, 15) is 10.1 Å². The first-order valence-electron chi connectivity index (χ1n) is 8.72. The number of benzene rings is 1. The standard InChI is InChI=1S/C19H25N3O/c1-15(21-18(23)19(14-20)9-2-3-10-19)16-7-6-8-17(13-16)22-11-4-5-12-22/h6-8,13,15H,2-5,9-12H2,1H3,(H,21,23)/t15-/m1/s1. The summed E-state index contributed by atoms with van der Waals surface area (Å²) in [6.07, 6.45) is 5.83. The Morgan fingerprint density at radius 3 is 2.61 bits per heavy atom. The molecular weight excluding hydrogens is 286 g/mol. The van der Waals surface area contributed by atoms with Crippen molar-refractivity contribution in [3.05, 3.63) is 29.8 Å². The molecule has 2 fully saturated rings. The van der Waals surface area contributed by atoms with E-state index in [0.717, 1.165) is 31.5 Å². The predicted octanol–water partition coefficient (Wildman–Crippen LogP) is 3.55. The van der Waals surface area contributed by atoms with Gasteiger partial charge in [0.1, 0.15) is 5.41 Å². The Kier molecular flexibility index (Phi) is 4.56. The molecule has 1 N–H and O–H groups in total. The van der Waals surface area contributed by atoms with Gasteiger partial charge in [-0.3, -0.25) is 4.79 Å². The molecule has 0 unspecified atom stereocenters. The predicted molar refractivity (Wildman–Crippen MR) is 91.0 cm³/mol. The van der Waals surface area contributed by atoms with E-state index in [2.05, 4.69) is 40.6 Å². The number of hydrogen-bond donors (Lipinski definition) is 1. The van der Waals surface area contributed by atoms with Crippen LogP contribution in [0.5, 0.6) is 0 Å². The van der Waals surface area contributed by atoms with Crippen LogP contribution in [0.2, 0.25) is 0 Å². The van der Waals surface area contributed by atoms with Crippen molar-refractivity contribution in [1.82, 2.24) is 5.32 Å². The molecule has 0 radical (unpaired) electrons. The van der Waals surface area contributed by atoms with Crippen LogP contribution in [0.3, 0.4) is 0 Å². The molecule has 1 aromatic carbocycles. The Bertz CT molecular complexity index is 607. The summed E-state index contributed by atoms with van der Waals surface area (Å²) >= 11 is 0. The minimum absolute atomic E-state index is 0.0733. The fraction of sp³-hybridized carbons (Fsp3) is 0.579. The monoisotopic (exact) mass is 311 g/mol. The number of rotatable bonds is 4. The summed E-state index contributed by atoms with van der Waals surface area (Å²) in [5.41, 5.74) is 1.53. The molecule has 1 aromatic rings. The number of carbonyl (C=O) groups excluding carboxylic acids is 1. The minimum Gasteiger partial charge on any atom is -0.372 e. The second-order valence-electron chi connectivity index (χ2n) is 6.89. The maximum absolute atomic E-state index is 12.6. The number of amides is 1. The van der Waals surface area contributed by atoms with Crippen molar-refractivity contribution in [1.29, 1.82) is 5.26 Å². The lowest BCUT2D eigenvalue weighted by atomic mass is 9.86. The van der Waals surface area contributed by atoms with Crippen LogP contribution >= 0.6 is 0 Å². The smallest absolute Gasteiger partial charge is 0.240 e. The van der Waals surface area contributed by atoms with Gasteiger partial charge in [-0.1, -0.05) is 25.0 Å². The van der Waals surface area contributed by atoms with Crippen molar-refractivity contribution in [3.8, 4) is 6.07 Å². The first-order valence-corrected chi connectivity index (χ1v) is 8.72. The fourth-order valence-corrected chi connectivity index (χ4v) is 3.75. The summed E-state index contributed by atoms with van der Waals surface area (Å²) in [5.74, 6) is -0.100. The van der Waals surface area contributed by atoms with Crippen LogP contribution in [0.4, 0.5) is 5.69 Å². The number of nitrogens with one attached hydrogen (secondary N) is 1. The van der Waals surface area contributed by atoms with Gasteiger partial charge >= 0.3 is 0 Å². The van der Waals surface area contributed by atoms with Crippen molar-refractivity contribution >= 4 is 11.6 Å². The van der Waals surface area contributed by atoms with E-state index in [1.807, 2.05) is 6.92 Å². The highest BCUT2D eigenvalue weighted by molar-refractivity contribution is 5.86. The molecule has 1 saturated heterocycles. The molecule has 4 nitrogen and oxygen atoms in total. The van der Waals surface area contributed by atoms with Gasteiger partial charge in [-0.2, -0.15) is 5.26 Å². The molecule has 0 bridgehead atoms. The summed E-state index contributed by atoms with van der Waals surface area (Å²) in [5, 5.41) is 12.5. The maximum atomic E-state index is 12.6. The Hall–Kier alpha value is -2.02. The molecule has 23 heavy (non-hydrogen) atoms. The largest absolute Gasteiger partial charge is 0.372 e. The van der Waals surface area contributed by atoms with Gasteiger partial charge in [0.25, 0.3) is 0 Å². The van der Waals surface area contributed by atoms with Gasteiger partial charge in [0.05, 0.1) is 12.1 Å². The van der Waals surface area contributed by atoms with Crippen molar-refractivity contribution in [3.63, 3.8) is 0 Å². The van der Waals surface area contributed by atoms with E-state index in [1.54, 1.807) is 0 Å². The molecule has 1 heterocycles. The van der Waals surface area contributed by atoms with Crippen molar-refractivity contribution in [2.75, 3.05) is 18.0 Å². The molecule has 2 aliphatic rings. The van der Waals surface area contributed by atoms with Crippen LogP contribution in [0.1, 0.15) is 57.1 Å². The van der Waals surface area contributed by atoms with E-state index < -0.39 is 5.41 Å². The zero-order chi connectivity index (χ0) is 16.3. The Morgan fingerprint density at radius 2 is 1.96 bits per heavy atom. The zero-order valence-electron chi connectivity index (χ0n) is 13.8. The van der Waals surface area contributed by atoms with Crippen LogP contribution in [0.15, 0.2) is 24.3 Å². The molecule has 0 aromatic heterocycles. The van der Waals surface area contributed by atoms with Crippen LogP contribution in [0, 0.1) is 16.7 Å². The molecule has 4 heteroatoms. The molecule has 1 amide bonds. The van der Waals surface area contributed by atoms with E-state index >= 15 is 0 Å². The quantitative estimate of drug-likeness (QED) is 0.925. The lowest BCUT2D eigenvalue weighted by molar-refractivity contribution is -0.128. The molecule has 0 spiro atoms. The van der Waals surface area contributed by atoms with Gasteiger partial charge < -0.3 is 10.2 Å². The van der Waals surface area contributed by atoms with Gasteiger partial charge in [-0.25, -0.2) is 0 Å². The zero-order valence-corrected chi connectivity index (χ0v) is 13.8. The summed E-state index contributed by atoms with van der Waals surface area (Å²) in [6.45, 7) is 4.23. The third kappa shape index (κ3) is 3.19. The second-order valence-corrected chi connectivity index (χ2v) is 6.89. The summed E-state index contributed by atoms with van der Waals surface area (Å²) in [4.78, 5) is 15.0. The highest BCUT2D eigenvalue weighted by Gasteiger charge is 2.41. The molecular formula is C19H25N3O. The van der Waals surface area contributed by atoms with Gasteiger partial charge in [-0.05, 0) is 50.3 Å². The third-order valence-corrected chi connectivity index (χ3v) is 5.29. The van der Waals surface area contributed by atoms with E-state index in [0.29, 0.717) is 12.8 Å². The fourth-order valence-electron chi connectivity index (χ4n) is 3.75. The molecule has 1 saturated carbocycles. The Morgan fingerprint density at radius 1 is 1.26 bits per heavy atom. The number of nitriles is 1. The average Bonchev–Trinajstić information content (AvgIpc) is 3.27. The number of anilines is 1. The SMILES string of the molecule is C[C@@H](NC(=O)C1(C#N)CCCC1)c1cccc(N2CCCC2)c1. The molecule has 1 aliphatic carbocycles. The maximum Gasteiger partial charge on any atom is 0.240 e. The lowest BCUT2D eigenvalue weighted by Crippen LogP contribution is -2.39. The first-order chi connectivity index (χ1) is 11.1. The first kappa shape index (κ1) is 15.9. The minimum atomic E-state index is -0.805. The van der Waals surface area contributed by atoms with Gasteiger partial charge in [0, 0.05) is 18.8 Å². The van der Waals surface area contributed by atoms with Crippen molar-refractivity contribution in [2.24, 2.45) is 5.41 Å². The highest BCUT2D eigenvalue weighted by Crippen LogP contribution is 2.38. The molecule has 1 aliphatic heterocycles. The second kappa shape index (κ2) is 6.62. The molecule has 3 rings (SSSR count). The Balaban J connectivity index is 1.70. The van der Waals surface area contributed by atoms with E-state index in [4.69, 9.17) is 0 Å². The Labute approximate surface area is 138 Å². The van der Waals surface area contributed by atoms with Crippen LogP contribution < -0.4 is 10.2 Å². The highest BCUT2D eigenvalue weighted by atomic mass is 16.2. The van der Waals surface area contributed by atoms with Crippen LogP contribution in [-0.2, 0) is 4.79 Å². The molecule has 1 atom stereocenters. The topological polar surface area (TPSA) is 56.1 Å². The van der Waals surface area contributed by atoms with E-state index in [1.165, 1.54) is 18.5 Å². The van der Waals surface area contributed by atoms with Gasteiger partial charge in [-0.15, -0.1) is 0 Å². The van der Waals surface area contributed by atoms with Crippen molar-refractivity contribution in [2.45, 2.75) is 51.5 Å². The normalized spacial score (nSPS) is 21.0. The van der Waals surface area contributed by atoms with Crippen LogP contribution in [0.25, 0.3) is 0 Å². The number of nitrogens with zero attached hydrogens (tertiary/aromatic N) is 2. The summed E-state index contributed by atoms with van der Waals surface area (Å²) in [7, 11) is 0.